The summed E-state index contributed by atoms with van der Waals surface area (Å²) in [5.41, 5.74) is 3.33. The van der Waals surface area contributed by atoms with Crippen molar-refractivity contribution >= 4 is 15.9 Å². The van der Waals surface area contributed by atoms with Crippen LogP contribution in [0.25, 0.3) is 0 Å². The van der Waals surface area contributed by atoms with E-state index in [0.717, 1.165) is 11.8 Å². The first-order valence-electron chi connectivity index (χ1n) is 5.15. The Morgan fingerprint density at radius 1 is 1.31 bits per heavy atom. The van der Waals surface area contributed by atoms with Crippen LogP contribution in [0.2, 0.25) is 0 Å². The Hall–Kier alpha value is 0. The number of allylic oxidation sites excluding steroid dienone is 1. The van der Waals surface area contributed by atoms with Gasteiger partial charge in [-0.2, -0.15) is 0 Å². The molecule has 0 heterocycles. The zero-order valence-corrected chi connectivity index (χ0v) is 10.5. The summed E-state index contributed by atoms with van der Waals surface area (Å²) in [5.74, 6) is 0. The summed E-state index contributed by atoms with van der Waals surface area (Å²) in [5, 5.41) is 1.10. The van der Waals surface area contributed by atoms with Gasteiger partial charge in [-0.3, -0.25) is 0 Å². The van der Waals surface area contributed by atoms with Gasteiger partial charge in [0.1, 0.15) is 0 Å². The maximum Gasteiger partial charge on any atom is 0.00911 e. The summed E-state index contributed by atoms with van der Waals surface area (Å²) in [7, 11) is 0. The van der Waals surface area contributed by atoms with Gasteiger partial charge in [0.05, 0.1) is 0 Å². The predicted octanol–water partition coefficient (Wildman–Crippen LogP) is 4.70. The first kappa shape index (κ1) is 13.0. The molecule has 0 bridgehead atoms. The normalized spacial score (nSPS) is 11.0. The van der Waals surface area contributed by atoms with E-state index in [2.05, 4.69) is 48.2 Å². The summed E-state index contributed by atoms with van der Waals surface area (Å²) >= 11 is 3.64. The molecule has 0 N–H and O–H groups in total. The summed E-state index contributed by atoms with van der Waals surface area (Å²) in [6, 6.07) is 0. The molecule has 0 aromatic carbocycles. The fraction of sp³-hybridized carbons (Fsp3) is 0.750. The van der Waals surface area contributed by atoms with Crippen molar-refractivity contribution in [1.82, 2.24) is 0 Å². The third-order valence-electron chi connectivity index (χ3n) is 2.52. The van der Waals surface area contributed by atoms with E-state index in [-0.39, 0.29) is 0 Å². The topological polar surface area (TPSA) is 0 Å². The second-order valence-corrected chi connectivity index (χ2v) is 4.31. The molecule has 0 rings (SSSR count). The van der Waals surface area contributed by atoms with Gasteiger partial charge in [-0.25, -0.2) is 0 Å². The molecule has 0 aliphatic heterocycles. The highest BCUT2D eigenvalue weighted by atomic mass is 79.9. The first-order chi connectivity index (χ1) is 6.24. The number of alkyl halides is 1. The molecular formula is C12H21Br. The molecule has 13 heavy (non-hydrogen) atoms. The first-order valence-corrected chi connectivity index (χ1v) is 6.27. The zero-order chi connectivity index (χ0) is 10.2. The van der Waals surface area contributed by atoms with E-state index in [1.807, 2.05) is 0 Å². The molecule has 0 radical (unpaired) electrons. The second-order valence-electron chi connectivity index (χ2n) is 3.75. The summed E-state index contributed by atoms with van der Waals surface area (Å²) in [4.78, 5) is 0. The Morgan fingerprint density at radius 2 is 1.85 bits per heavy atom. The Labute approximate surface area is 91.2 Å². The monoisotopic (exact) mass is 244 g/mol. The minimum absolute atomic E-state index is 0.453. The SMILES string of the molecule is C=C=CCC(CBr)(CCC)CCC. The number of hydrogen-bond acceptors (Lipinski definition) is 0. The molecule has 0 aromatic heterocycles. The lowest BCUT2D eigenvalue weighted by atomic mass is 9.78. The molecule has 0 amide bonds. The Kier molecular flexibility index (Phi) is 7.41. The maximum atomic E-state index is 3.64. The maximum absolute atomic E-state index is 3.64. The van der Waals surface area contributed by atoms with Crippen molar-refractivity contribution in [2.45, 2.75) is 46.0 Å². The molecule has 0 fully saturated rings. The third kappa shape index (κ3) is 4.69. The van der Waals surface area contributed by atoms with E-state index in [0.29, 0.717) is 5.41 Å². The highest BCUT2D eigenvalue weighted by Crippen LogP contribution is 2.35. The minimum Gasteiger partial charge on any atom is -0.133 e. The van der Waals surface area contributed by atoms with Crippen molar-refractivity contribution in [1.29, 1.82) is 0 Å². The molecule has 0 unspecified atom stereocenters. The number of rotatable bonds is 7. The van der Waals surface area contributed by atoms with E-state index in [1.165, 1.54) is 25.7 Å². The van der Waals surface area contributed by atoms with E-state index in [4.69, 9.17) is 0 Å². The van der Waals surface area contributed by atoms with Crippen LogP contribution in [0, 0.1) is 5.41 Å². The van der Waals surface area contributed by atoms with Crippen molar-refractivity contribution in [3.8, 4) is 0 Å². The van der Waals surface area contributed by atoms with Crippen LogP contribution in [0.3, 0.4) is 0 Å². The molecule has 1 heteroatoms. The highest BCUT2D eigenvalue weighted by Gasteiger charge is 2.25. The van der Waals surface area contributed by atoms with Gasteiger partial charge in [0.25, 0.3) is 0 Å². The molecule has 0 atom stereocenters. The van der Waals surface area contributed by atoms with E-state index >= 15 is 0 Å². The average Bonchev–Trinajstić information content (AvgIpc) is 2.15. The Morgan fingerprint density at radius 3 is 2.15 bits per heavy atom. The van der Waals surface area contributed by atoms with Gasteiger partial charge in [0, 0.05) is 5.33 Å². The van der Waals surface area contributed by atoms with E-state index in [1.54, 1.807) is 0 Å². The minimum atomic E-state index is 0.453. The fourth-order valence-corrected chi connectivity index (χ4v) is 2.66. The Bertz CT molecular complexity index is 160. The quantitative estimate of drug-likeness (QED) is 0.450. The Balaban J connectivity index is 4.32. The molecule has 76 valence electrons. The largest absolute Gasteiger partial charge is 0.133 e. The molecule has 0 aliphatic rings. The van der Waals surface area contributed by atoms with Crippen molar-refractivity contribution in [3.63, 3.8) is 0 Å². The summed E-state index contributed by atoms with van der Waals surface area (Å²) in [6.45, 7) is 8.13. The molecule has 0 aromatic rings. The smallest absolute Gasteiger partial charge is 0.00911 e. The number of halogens is 1. The molecule has 0 aliphatic carbocycles. The lowest BCUT2D eigenvalue weighted by Gasteiger charge is -2.30. The van der Waals surface area contributed by atoms with E-state index < -0.39 is 0 Å². The fourth-order valence-electron chi connectivity index (χ4n) is 1.87. The van der Waals surface area contributed by atoms with Crippen LogP contribution in [-0.4, -0.2) is 5.33 Å². The molecule has 0 nitrogen and oxygen atoms in total. The van der Waals surface area contributed by atoms with Gasteiger partial charge < -0.3 is 0 Å². The number of hydrogen-bond donors (Lipinski definition) is 0. The van der Waals surface area contributed by atoms with Crippen LogP contribution in [-0.2, 0) is 0 Å². The molecule has 0 saturated heterocycles. The average molecular weight is 245 g/mol. The van der Waals surface area contributed by atoms with Crippen molar-refractivity contribution in [3.05, 3.63) is 18.4 Å². The second kappa shape index (κ2) is 7.41. The van der Waals surface area contributed by atoms with Crippen LogP contribution < -0.4 is 0 Å². The van der Waals surface area contributed by atoms with Gasteiger partial charge >= 0.3 is 0 Å². The van der Waals surface area contributed by atoms with Gasteiger partial charge in [-0.1, -0.05) is 49.2 Å². The lowest BCUT2D eigenvalue weighted by molar-refractivity contribution is 0.280. The van der Waals surface area contributed by atoms with Crippen LogP contribution >= 0.6 is 15.9 Å². The predicted molar refractivity (Wildman–Crippen MR) is 64.4 cm³/mol. The van der Waals surface area contributed by atoms with Gasteiger partial charge in [0.15, 0.2) is 0 Å². The van der Waals surface area contributed by atoms with E-state index in [9.17, 15) is 0 Å². The standard InChI is InChI=1S/C12H21Br/c1-4-7-10-12(11-13,8-5-2)9-6-3/h7H,1,5-6,8-11H2,2-3H3. The van der Waals surface area contributed by atoms with Crippen LogP contribution in [0.4, 0.5) is 0 Å². The van der Waals surface area contributed by atoms with Gasteiger partial charge in [-0.15, -0.1) is 5.73 Å². The third-order valence-corrected chi connectivity index (χ3v) is 3.71. The molecular weight excluding hydrogens is 224 g/mol. The van der Waals surface area contributed by atoms with Crippen LogP contribution in [0.15, 0.2) is 18.4 Å². The highest BCUT2D eigenvalue weighted by molar-refractivity contribution is 9.09. The lowest BCUT2D eigenvalue weighted by Crippen LogP contribution is -2.21. The van der Waals surface area contributed by atoms with Gasteiger partial charge in [0.2, 0.25) is 0 Å². The van der Waals surface area contributed by atoms with Crippen molar-refractivity contribution < 1.29 is 0 Å². The molecule has 0 spiro atoms. The van der Waals surface area contributed by atoms with Gasteiger partial charge in [-0.05, 0) is 30.8 Å². The molecule has 0 saturated carbocycles. The van der Waals surface area contributed by atoms with Crippen LogP contribution in [0.1, 0.15) is 46.0 Å². The summed E-state index contributed by atoms with van der Waals surface area (Å²) < 4.78 is 0. The van der Waals surface area contributed by atoms with Crippen LogP contribution in [0.5, 0.6) is 0 Å². The van der Waals surface area contributed by atoms with Crippen molar-refractivity contribution in [2.24, 2.45) is 5.41 Å². The summed E-state index contributed by atoms with van der Waals surface area (Å²) in [6.07, 6.45) is 8.30. The van der Waals surface area contributed by atoms with Crippen molar-refractivity contribution in [2.75, 3.05) is 5.33 Å². The zero-order valence-electron chi connectivity index (χ0n) is 8.91.